The normalized spacial score (nSPS) is 13.8. The molecule has 0 radical (unpaired) electrons. The van der Waals surface area contributed by atoms with Gasteiger partial charge in [0.1, 0.15) is 17.9 Å². The molecule has 1 aromatic heterocycles. The number of anilines is 2. The van der Waals surface area contributed by atoms with Crippen LogP contribution in [-0.2, 0) is 4.79 Å². The number of nitrogens with two attached hydrogens (primary N) is 1. The van der Waals surface area contributed by atoms with E-state index in [9.17, 15) is 4.79 Å². The number of ether oxygens (including phenoxy) is 1. The molecule has 0 saturated heterocycles. The minimum absolute atomic E-state index is 0.00307. The Kier molecular flexibility index (Phi) is 3.43. The highest BCUT2D eigenvalue weighted by molar-refractivity contribution is 5.93. The second-order valence-corrected chi connectivity index (χ2v) is 5.13. The Morgan fingerprint density at radius 1 is 1.33 bits per heavy atom. The van der Waals surface area contributed by atoms with E-state index in [-0.39, 0.29) is 11.8 Å². The van der Waals surface area contributed by atoms with E-state index < -0.39 is 0 Å². The molecular formula is C15H16N4O2. The molecule has 0 unspecified atom stereocenters. The fraction of sp³-hybridized carbons (Fsp3) is 0.267. The van der Waals surface area contributed by atoms with Crippen molar-refractivity contribution in [1.82, 2.24) is 9.97 Å². The molecular weight excluding hydrogens is 268 g/mol. The van der Waals surface area contributed by atoms with Gasteiger partial charge in [-0.1, -0.05) is 0 Å². The number of rotatable bonds is 4. The van der Waals surface area contributed by atoms with Gasteiger partial charge in [0, 0.05) is 17.7 Å². The number of nitrogens with one attached hydrogen (secondary N) is 1. The Hall–Kier alpha value is -2.63. The van der Waals surface area contributed by atoms with Crippen LogP contribution in [0.2, 0.25) is 0 Å². The molecule has 3 rings (SSSR count). The van der Waals surface area contributed by atoms with Gasteiger partial charge in [-0.25, -0.2) is 9.97 Å². The average Bonchev–Trinajstić information content (AvgIpc) is 3.27. The molecule has 108 valence electrons. The predicted molar refractivity (Wildman–Crippen MR) is 79.1 cm³/mol. The summed E-state index contributed by atoms with van der Waals surface area (Å²) in [5.74, 6) is 1.63. The molecule has 0 atom stereocenters. The Morgan fingerprint density at radius 2 is 2.14 bits per heavy atom. The molecule has 6 heteroatoms. The molecule has 3 N–H and O–H groups in total. The number of aryl methyl sites for hydroxylation is 1. The molecule has 0 spiro atoms. The Labute approximate surface area is 122 Å². The standard InChI is InChI=1S/C15H16N4O2/c1-9-6-11(16)4-5-12(9)21-14-7-13(17-8-18-14)19-15(20)10-2-3-10/h4-8,10H,2-3,16H2,1H3,(H,17,18,19,20). The van der Waals surface area contributed by atoms with Crippen molar-refractivity contribution in [2.45, 2.75) is 19.8 Å². The predicted octanol–water partition coefficient (Wildman–Crippen LogP) is 2.51. The number of nitrogens with zero attached hydrogens (tertiary/aromatic N) is 2. The van der Waals surface area contributed by atoms with Crippen molar-refractivity contribution >= 4 is 17.4 Å². The summed E-state index contributed by atoms with van der Waals surface area (Å²) in [7, 11) is 0. The molecule has 1 aliphatic carbocycles. The molecule has 1 fully saturated rings. The molecule has 0 aliphatic heterocycles. The van der Waals surface area contributed by atoms with Gasteiger partial charge in [0.2, 0.25) is 11.8 Å². The zero-order chi connectivity index (χ0) is 14.8. The lowest BCUT2D eigenvalue weighted by Gasteiger charge is -2.09. The lowest BCUT2D eigenvalue weighted by Crippen LogP contribution is -2.14. The van der Waals surface area contributed by atoms with Crippen molar-refractivity contribution in [3.8, 4) is 11.6 Å². The van der Waals surface area contributed by atoms with Crippen molar-refractivity contribution in [3.05, 3.63) is 36.2 Å². The maximum absolute atomic E-state index is 11.7. The van der Waals surface area contributed by atoms with Gasteiger partial charge in [-0.05, 0) is 43.5 Å². The van der Waals surface area contributed by atoms with E-state index >= 15 is 0 Å². The third-order valence-electron chi connectivity index (χ3n) is 3.25. The van der Waals surface area contributed by atoms with E-state index in [0.717, 1.165) is 18.4 Å². The highest BCUT2D eigenvalue weighted by atomic mass is 16.5. The Morgan fingerprint density at radius 3 is 2.86 bits per heavy atom. The minimum Gasteiger partial charge on any atom is -0.439 e. The first-order chi connectivity index (χ1) is 10.1. The molecule has 1 aliphatic rings. The monoisotopic (exact) mass is 284 g/mol. The quantitative estimate of drug-likeness (QED) is 0.842. The molecule has 1 amide bonds. The van der Waals surface area contributed by atoms with E-state index in [2.05, 4.69) is 15.3 Å². The minimum atomic E-state index is 0.00307. The Bertz CT molecular complexity index is 683. The van der Waals surface area contributed by atoms with Gasteiger partial charge in [-0.3, -0.25) is 4.79 Å². The molecule has 1 heterocycles. The van der Waals surface area contributed by atoms with Crippen molar-refractivity contribution in [1.29, 1.82) is 0 Å². The summed E-state index contributed by atoms with van der Waals surface area (Å²) in [5.41, 5.74) is 7.30. The van der Waals surface area contributed by atoms with Crippen LogP contribution in [0.3, 0.4) is 0 Å². The first-order valence-electron chi connectivity index (χ1n) is 6.79. The van der Waals surface area contributed by atoms with Gasteiger partial charge in [-0.15, -0.1) is 0 Å². The zero-order valence-electron chi connectivity index (χ0n) is 11.7. The lowest BCUT2D eigenvalue weighted by molar-refractivity contribution is -0.117. The van der Waals surface area contributed by atoms with Gasteiger partial charge in [0.25, 0.3) is 0 Å². The van der Waals surface area contributed by atoms with Crippen molar-refractivity contribution in [3.63, 3.8) is 0 Å². The first kappa shape index (κ1) is 13.4. The van der Waals surface area contributed by atoms with Gasteiger partial charge in [0.15, 0.2) is 0 Å². The number of amides is 1. The summed E-state index contributed by atoms with van der Waals surface area (Å²) in [6.45, 7) is 1.91. The topological polar surface area (TPSA) is 90.1 Å². The lowest BCUT2D eigenvalue weighted by atomic mass is 10.2. The van der Waals surface area contributed by atoms with Crippen LogP contribution in [0.4, 0.5) is 11.5 Å². The third-order valence-corrected chi connectivity index (χ3v) is 3.25. The number of hydrogen-bond donors (Lipinski definition) is 2. The van der Waals surface area contributed by atoms with Crippen LogP contribution in [0.1, 0.15) is 18.4 Å². The highest BCUT2D eigenvalue weighted by Gasteiger charge is 2.29. The van der Waals surface area contributed by atoms with Crippen LogP contribution >= 0.6 is 0 Å². The van der Waals surface area contributed by atoms with Gasteiger partial charge >= 0.3 is 0 Å². The largest absolute Gasteiger partial charge is 0.439 e. The zero-order valence-corrected chi connectivity index (χ0v) is 11.7. The summed E-state index contributed by atoms with van der Waals surface area (Å²) in [5, 5.41) is 2.76. The molecule has 1 saturated carbocycles. The van der Waals surface area contributed by atoms with E-state index in [1.165, 1.54) is 6.33 Å². The van der Waals surface area contributed by atoms with Crippen LogP contribution in [-0.4, -0.2) is 15.9 Å². The maximum Gasteiger partial charge on any atom is 0.228 e. The first-order valence-corrected chi connectivity index (χ1v) is 6.79. The highest BCUT2D eigenvalue weighted by Crippen LogP contribution is 2.30. The second kappa shape index (κ2) is 5.40. The molecule has 2 aromatic rings. The number of aromatic nitrogens is 2. The van der Waals surface area contributed by atoms with Crippen molar-refractivity contribution < 1.29 is 9.53 Å². The smallest absolute Gasteiger partial charge is 0.228 e. The summed E-state index contributed by atoms with van der Waals surface area (Å²) in [6, 6.07) is 6.98. The molecule has 6 nitrogen and oxygen atoms in total. The summed E-state index contributed by atoms with van der Waals surface area (Å²) < 4.78 is 5.70. The van der Waals surface area contributed by atoms with Crippen LogP contribution in [0.25, 0.3) is 0 Å². The number of benzene rings is 1. The molecule has 0 bridgehead atoms. The van der Waals surface area contributed by atoms with Crippen LogP contribution < -0.4 is 15.8 Å². The van der Waals surface area contributed by atoms with Crippen LogP contribution in [0.5, 0.6) is 11.6 Å². The van der Waals surface area contributed by atoms with Crippen molar-refractivity contribution in [2.75, 3.05) is 11.1 Å². The maximum atomic E-state index is 11.7. The number of nitrogen functional groups attached to an aromatic ring is 1. The number of carbonyl (C=O) groups is 1. The summed E-state index contributed by atoms with van der Waals surface area (Å²) in [6.07, 6.45) is 3.26. The van der Waals surface area contributed by atoms with E-state index in [4.69, 9.17) is 10.5 Å². The van der Waals surface area contributed by atoms with Gasteiger partial charge < -0.3 is 15.8 Å². The van der Waals surface area contributed by atoms with E-state index in [0.29, 0.717) is 23.1 Å². The second-order valence-electron chi connectivity index (χ2n) is 5.13. The fourth-order valence-corrected chi connectivity index (χ4v) is 1.94. The SMILES string of the molecule is Cc1cc(N)ccc1Oc1cc(NC(=O)C2CC2)ncn1. The van der Waals surface area contributed by atoms with Gasteiger partial charge in [0.05, 0.1) is 0 Å². The Balaban J connectivity index is 1.74. The van der Waals surface area contributed by atoms with E-state index in [1.54, 1.807) is 18.2 Å². The number of carbonyl (C=O) groups excluding carboxylic acids is 1. The van der Waals surface area contributed by atoms with Gasteiger partial charge in [-0.2, -0.15) is 0 Å². The summed E-state index contributed by atoms with van der Waals surface area (Å²) in [4.78, 5) is 19.8. The number of hydrogen-bond acceptors (Lipinski definition) is 5. The third kappa shape index (κ3) is 3.28. The van der Waals surface area contributed by atoms with Crippen molar-refractivity contribution in [2.24, 2.45) is 5.92 Å². The van der Waals surface area contributed by atoms with Crippen LogP contribution in [0.15, 0.2) is 30.6 Å². The van der Waals surface area contributed by atoms with E-state index in [1.807, 2.05) is 13.0 Å². The fourth-order valence-electron chi connectivity index (χ4n) is 1.94. The van der Waals surface area contributed by atoms with Crippen LogP contribution in [0, 0.1) is 12.8 Å². The average molecular weight is 284 g/mol. The molecule has 21 heavy (non-hydrogen) atoms. The molecule has 1 aromatic carbocycles. The summed E-state index contributed by atoms with van der Waals surface area (Å²) >= 11 is 0.